The predicted octanol–water partition coefficient (Wildman–Crippen LogP) is 1.36. The highest BCUT2D eigenvalue weighted by molar-refractivity contribution is 5.24. The molecule has 2 N–H and O–H groups in total. The van der Waals surface area contributed by atoms with Gasteiger partial charge in [0.1, 0.15) is 11.9 Å². The Morgan fingerprint density at radius 3 is 2.60 bits per heavy atom. The van der Waals surface area contributed by atoms with E-state index >= 15 is 0 Å². The molecule has 0 bridgehead atoms. The van der Waals surface area contributed by atoms with Gasteiger partial charge in [-0.1, -0.05) is 12.1 Å². The van der Waals surface area contributed by atoms with Crippen LogP contribution in [0.2, 0.25) is 0 Å². The minimum absolute atomic E-state index is 0.0918. The molecule has 0 saturated heterocycles. The summed E-state index contributed by atoms with van der Waals surface area (Å²) in [6.07, 6.45) is 0.597. The molecule has 0 aromatic heterocycles. The average Bonchev–Trinajstić information content (AvgIpc) is 2.26. The van der Waals surface area contributed by atoms with E-state index in [4.69, 9.17) is 10.4 Å². The van der Waals surface area contributed by atoms with Gasteiger partial charge in [0.25, 0.3) is 0 Å². The highest BCUT2D eigenvalue weighted by atomic mass is 19.1. The van der Waals surface area contributed by atoms with Gasteiger partial charge in [-0.3, -0.25) is 5.32 Å². The van der Waals surface area contributed by atoms with Crippen LogP contribution in [0.25, 0.3) is 0 Å². The third-order valence-corrected chi connectivity index (χ3v) is 2.02. The number of aliphatic hydroxyl groups is 1. The summed E-state index contributed by atoms with van der Waals surface area (Å²) in [6.45, 7) is 0.653. The van der Waals surface area contributed by atoms with Gasteiger partial charge in [-0.2, -0.15) is 5.26 Å². The fourth-order valence-electron chi connectivity index (χ4n) is 1.22. The molecule has 0 saturated carbocycles. The summed E-state index contributed by atoms with van der Waals surface area (Å²) in [4.78, 5) is 0. The van der Waals surface area contributed by atoms with Gasteiger partial charge in [-0.15, -0.1) is 0 Å². The Morgan fingerprint density at radius 1 is 1.40 bits per heavy atom. The second kappa shape index (κ2) is 6.12. The fraction of sp³-hybridized carbons (Fsp3) is 0.364. The SMILES string of the molecule is N#CC(NCCCO)c1ccc(F)cc1. The van der Waals surface area contributed by atoms with E-state index in [2.05, 4.69) is 11.4 Å². The van der Waals surface area contributed by atoms with Gasteiger partial charge in [0.05, 0.1) is 6.07 Å². The van der Waals surface area contributed by atoms with Crippen LogP contribution in [0.15, 0.2) is 24.3 Å². The quantitative estimate of drug-likeness (QED) is 0.718. The highest BCUT2D eigenvalue weighted by Crippen LogP contribution is 2.12. The number of nitriles is 1. The fourth-order valence-corrected chi connectivity index (χ4v) is 1.22. The Labute approximate surface area is 88.2 Å². The van der Waals surface area contributed by atoms with Crippen LogP contribution >= 0.6 is 0 Å². The van der Waals surface area contributed by atoms with Crippen LogP contribution in [-0.2, 0) is 0 Å². The zero-order valence-corrected chi connectivity index (χ0v) is 8.28. The lowest BCUT2D eigenvalue weighted by Gasteiger charge is -2.10. The molecule has 0 spiro atoms. The second-order valence-electron chi connectivity index (χ2n) is 3.14. The number of aliphatic hydroxyl groups excluding tert-OH is 1. The first-order valence-corrected chi connectivity index (χ1v) is 4.77. The molecule has 1 unspecified atom stereocenters. The first kappa shape index (κ1) is 11.6. The molecule has 0 heterocycles. The summed E-state index contributed by atoms with van der Waals surface area (Å²) in [5, 5.41) is 20.4. The van der Waals surface area contributed by atoms with Gasteiger partial charge in [-0.05, 0) is 30.7 Å². The molecule has 3 nitrogen and oxygen atoms in total. The van der Waals surface area contributed by atoms with Crippen LogP contribution in [0.3, 0.4) is 0 Å². The molecule has 1 atom stereocenters. The van der Waals surface area contributed by atoms with Crippen molar-refractivity contribution in [3.8, 4) is 6.07 Å². The second-order valence-corrected chi connectivity index (χ2v) is 3.14. The Bertz CT molecular complexity index is 331. The van der Waals surface area contributed by atoms with Crippen LogP contribution in [0.1, 0.15) is 18.0 Å². The van der Waals surface area contributed by atoms with E-state index in [-0.39, 0.29) is 12.4 Å². The van der Waals surface area contributed by atoms with E-state index < -0.39 is 6.04 Å². The Morgan fingerprint density at radius 2 is 2.07 bits per heavy atom. The van der Waals surface area contributed by atoms with Gasteiger partial charge in [-0.25, -0.2) is 4.39 Å². The van der Waals surface area contributed by atoms with E-state index in [0.717, 1.165) is 5.56 Å². The highest BCUT2D eigenvalue weighted by Gasteiger charge is 2.08. The van der Waals surface area contributed by atoms with Crippen molar-refractivity contribution in [1.29, 1.82) is 5.26 Å². The maximum atomic E-state index is 12.6. The molecule has 1 aromatic carbocycles. The van der Waals surface area contributed by atoms with Crippen molar-refractivity contribution >= 4 is 0 Å². The number of hydrogen-bond donors (Lipinski definition) is 2. The average molecular weight is 208 g/mol. The maximum Gasteiger partial charge on any atom is 0.123 e. The number of nitrogens with one attached hydrogen (secondary N) is 1. The van der Waals surface area contributed by atoms with Gasteiger partial charge in [0, 0.05) is 6.61 Å². The van der Waals surface area contributed by atoms with Gasteiger partial charge in [0.15, 0.2) is 0 Å². The summed E-state index contributed by atoms with van der Waals surface area (Å²) < 4.78 is 12.6. The number of halogens is 1. The van der Waals surface area contributed by atoms with Crippen LogP contribution in [0.4, 0.5) is 4.39 Å². The van der Waals surface area contributed by atoms with Crippen LogP contribution < -0.4 is 5.32 Å². The van der Waals surface area contributed by atoms with Crippen molar-refractivity contribution in [2.24, 2.45) is 0 Å². The van der Waals surface area contributed by atoms with Gasteiger partial charge in [0.2, 0.25) is 0 Å². The molecule has 1 aromatic rings. The lowest BCUT2D eigenvalue weighted by Crippen LogP contribution is -2.21. The molecule has 0 aliphatic carbocycles. The molecule has 0 aliphatic rings. The summed E-state index contributed by atoms with van der Waals surface area (Å²) in [5.74, 6) is -0.314. The standard InChI is InChI=1S/C11H13FN2O/c12-10-4-2-9(3-5-10)11(8-13)14-6-1-7-15/h2-5,11,14-15H,1,6-7H2. The third kappa shape index (κ3) is 3.66. The lowest BCUT2D eigenvalue weighted by molar-refractivity contribution is 0.285. The minimum atomic E-state index is -0.447. The molecule has 0 aliphatic heterocycles. The van der Waals surface area contributed by atoms with Crippen molar-refractivity contribution in [3.05, 3.63) is 35.6 Å². The molecule has 15 heavy (non-hydrogen) atoms. The molecular weight excluding hydrogens is 195 g/mol. The Kier molecular flexibility index (Phi) is 4.75. The van der Waals surface area contributed by atoms with E-state index in [1.807, 2.05) is 0 Å². The normalized spacial score (nSPS) is 12.1. The third-order valence-electron chi connectivity index (χ3n) is 2.02. The van der Waals surface area contributed by atoms with Crippen molar-refractivity contribution < 1.29 is 9.50 Å². The lowest BCUT2D eigenvalue weighted by atomic mass is 10.1. The predicted molar refractivity (Wildman–Crippen MR) is 54.5 cm³/mol. The summed E-state index contributed by atoms with van der Waals surface area (Å²) in [6, 6.07) is 7.45. The van der Waals surface area contributed by atoms with Crippen LogP contribution in [0.5, 0.6) is 0 Å². The topological polar surface area (TPSA) is 56.0 Å². The van der Waals surface area contributed by atoms with Crippen molar-refractivity contribution in [3.63, 3.8) is 0 Å². The first-order valence-electron chi connectivity index (χ1n) is 4.77. The number of rotatable bonds is 5. The zero-order chi connectivity index (χ0) is 11.1. The van der Waals surface area contributed by atoms with E-state index in [9.17, 15) is 4.39 Å². The van der Waals surface area contributed by atoms with E-state index in [0.29, 0.717) is 13.0 Å². The van der Waals surface area contributed by atoms with E-state index in [1.165, 1.54) is 12.1 Å². The van der Waals surface area contributed by atoms with Crippen molar-refractivity contribution in [2.75, 3.05) is 13.2 Å². The first-order chi connectivity index (χ1) is 7.27. The monoisotopic (exact) mass is 208 g/mol. The summed E-state index contributed by atoms with van der Waals surface area (Å²) in [7, 11) is 0. The Hall–Kier alpha value is -1.44. The smallest absolute Gasteiger partial charge is 0.123 e. The van der Waals surface area contributed by atoms with Crippen LogP contribution in [-0.4, -0.2) is 18.3 Å². The molecular formula is C11H13FN2O. The number of nitrogens with zero attached hydrogens (tertiary/aromatic N) is 1. The number of hydrogen-bond acceptors (Lipinski definition) is 3. The minimum Gasteiger partial charge on any atom is -0.396 e. The van der Waals surface area contributed by atoms with Crippen molar-refractivity contribution in [2.45, 2.75) is 12.5 Å². The Balaban J connectivity index is 2.59. The van der Waals surface area contributed by atoms with Gasteiger partial charge < -0.3 is 5.11 Å². The summed E-state index contributed by atoms with van der Waals surface area (Å²) >= 11 is 0. The molecule has 4 heteroatoms. The maximum absolute atomic E-state index is 12.6. The molecule has 0 fully saturated rings. The largest absolute Gasteiger partial charge is 0.396 e. The van der Waals surface area contributed by atoms with E-state index in [1.54, 1.807) is 12.1 Å². The van der Waals surface area contributed by atoms with Crippen molar-refractivity contribution in [1.82, 2.24) is 5.32 Å². The molecule has 1 rings (SSSR count). The summed E-state index contributed by atoms with van der Waals surface area (Å²) in [5.41, 5.74) is 0.733. The molecule has 0 amide bonds. The molecule has 80 valence electrons. The molecule has 0 radical (unpaired) electrons. The zero-order valence-electron chi connectivity index (χ0n) is 8.28. The van der Waals surface area contributed by atoms with Gasteiger partial charge >= 0.3 is 0 Å². The van der Waals surface area contributed by atoms with Crippen LogP contribution in [0, 0.1) is 17.1 Å². The number of benzene rings is 1.